The standard InChI is InChI=1S/C18H23N/c1-2-15-19(18-13-7-4-8-14-18)16-9-12-17-10-5-3-6-11-17/h3-8,10-11,13-14H,2,9,12,15-16H2,1H3. The molecule has 0 atom stereocenters. The number of benzene rings is 2. The summed E-state index contributed by atoms with van der Waals surface area (Å²) in [5.74, 6) is 0. The molecule has 0 aromatic heterocycles. The summed E-state index contributed by atoms with van der Waals surface area (Å²) in [6, 6.07) is 21.5. The summed E-state index contributed by atoms with van der Waals surface area (Å²) in [6.45, 7) is 4.51. The highest BCUT2D eigenvalue weighted by atomic mass is 15.1. The Morgan fingerprint density at radius 2 is 1.42 bits per heavy atom. The van der Waals surface area contributed by atoms with Crippen molar-refractivity contribution >= 4 is 5.69 Å². The summed E-state index contributed by atoms with van der Waals surface area (Å²) in [7, 11) is 0. The van der Waals surface area contributed by atoms with Crippen LogP contribution in [0.4, 0.5) is 5.69 Å². The predicted molar refractivity (Wildman–Crippen MR) is 83.7 cm³/mol. The van der Waals surface area contributed by atoms with Gasteiger partial charge in [0.15, 0.2) is 0 Å². The van der Waals surface area contributed by atoms with Crippen LogP contribution in [0.5, 0.6) is 0 Å². The lowest BCUT2D eigenvalue weighted by Gasteiger charge is -2.24. The Morgan fingerprint density at radius 3 is 2.05 bits per heavy atom. The summed E-state index contributed by atoms with van der Waals surface area (Å²) in [5.41, 5.74) is 2.78. The minimum absolute atomic E-state index is 1.13. The predicted octanol–water partition coefficient (Wildman–Crippen LogP) is 4.54. The van der Waals surface area contributed by atoms with Gasteiger partial charge in [-0.25, -0.2) is 0 Å². The highest BCUT2D eigenvalue weighted by molar-refractivity contribution is 5.45. The largest absolute Gasteiger partial charge is 0.372 e. The summed E-state index contributed by atoms with van der Waals surface area (Å²) in [6.07, 6.45) is 3.56. The van der Waals surface area contributed by atoms with E-state index in [2.05, 4.69) is 72.5 Å². The minimum atomic E-state index is 1.13. The fourth-order valence-electron chi connectivity index (χ4n) is 2.40. The van der Waals surface area contributed by atoms with E-state index in [0.717, 1.165) is 19.5 Å². The Morgan fingerprint density at radius 1 is 0.789 bits per heavy atom. The molecule has 1 nitrogen and oxygen atoms in total. The normalized spacial score (nSPS) is 10.4. The molecule has 1 heteroatoms. The average molecular weight is 253 g/mol. The molecular formula is C18H23N. The van der Waals surface area contributed by atoms with E-state index >= 15 is 0 Å². The summed E-state index contributed by atoms with van der Waals surface area (Å²) in [4.78, 5) is 2.49. The molecule has 0 aliphatic rings. The second kappa shape index (κ2) is 7.63. The summed E-state index contributed by atoms with van der Waals surface area (Å²) in [5, 5.41) is 0. The summed E-state index contributed by atoms with van der Waals surface area (Å²) < 4.78 is 0. The molecule has 19 heavy (non-hydrogen) atoms. The molecule has 0 spiro atoms. The number of aryl methyl sites for hydroxylation is 1. The van der Waals surface area contributed by atoms with E-state index in [1.807, 2.05) is 0 Å². The third-order valence-corrected chi connectivity index (χ3v) is 3.35. The van der Waals surface area contributed by atoms with Crippen molar-refractivity contribution in [1.82, 2.24) is 0 Å². The second-order valence-corrected chi connectivity index (χ2v) is 4.91. The maximum atomic E-state index is 2.49. The van der Waals surface area contributed by atoms with Crippen molar-refractivity contribution in [2.24, 2.45) is 0 Å². The molecule has 0 aliphatic carbocycles. The van der Waals surface area contributed by atoms with Crippen molar-refractivity contribution in [1.29, 1.82) is 0 Å². The van der Waals surface area contributed by atoms with Gasteiger partial charge >= 0.3 is 0 Å². The minimum Gasteiger partial charge on any atom is -0.372 e. The Labute approximate surface area is 116 Å². The van der Waals surface area contributed by atoms with E-state index in [0.29, 0.717) is 0 Å². The van der Waals surface area contributed by atoms with Gasteiger partial charge in [-0.05, 0) is 37.0 Å². The monoisotopic (exact) mass is 253 g/mol. The first-order chi connectivity index (χ1) is 9.40. The van der Waals surface area contributed by atoms with Crippen molar-refractivity contribution in [2.45, 2.75) is 26.2 Å². The molecule has 0 amide bonds. The van der Waals surface area contributed by atoms with Gasteiger partial charge in [0.1, 0.15) is 0 Å². The van der Waals surface area contributed by atoms with Crippen LogP contribution in [0.25, 0.3) is 0 Å². The third kappa shape index (κ3) is 4.44. The molecule has 0 heterocycles. The van der Waals surface area contributed by atoms with Crippen LogP contribution in [0.15, 0.2) is 60.7 Å². The molecule has 2 aromatic rings. The van der Waals surface area contributed by atoms with Crippen molar-refractivity contribution < 1.29 is 0 Å². The maximum Gasteiger partial charge on any atom is 0.0366 e. The molecular weight excluding hydrogens is 230 g/mol. The first-order valence-corrected chi connectivity index (χ1v) is 7.24. The highest BCUT2D eigenvalue weighted by Crippen LogP contribution is 2.14. The van der Waals surface area contributed by atoms with Gasteiger partial charge in [-0.15, -0.1) is 0 Å². The Bertz CT molecular complexity index is 450. The fourth-order valence-corrected chi connectivity index (χ4v) is 2.40. The zero-order chi connectivity index (χ0) is 13.3. The van der Waals surface area contributed by atoms with Crippen LogP contribution in [-0.2, 0) is 6.42 Å². The van der Waals surface area contributed by atoms with Crippen molar-refractivity contribution in [3.8, 4) is 0 Å². The Balaban J connectivity index is 1.87. The first kappa shape index (κ1) is 13.7. The molecule has 100 valence electrons. The number of hydrogen-bond donors (Lipinski definition) is 0. The maximum absolute atomic E-state index is 2.49. The van der Waals surface area contributed by atoms with Gasteiger partial charge in [0.2, 0.25) is 0 Å². The summed E-state index contributed by atoms with van der Waals surface area (Å²) >= 11 is 0. The third-order valence-electron chi connectivity index (χ3n) is 3.35. The van der Waals surface area contributed by atoms with Crippen LogP contribution in [-0.4, -0.2) is 13.1 Å². The molecule has 2 rings (SSSR count). The van der Waals surface area contributed by atoms with Gasteiger partial charge < -0.3 is 4.90 Å². The van der Waals surface area contributed by atoms with Crippen molar-refractivity contribution in [3.05, 3.63) is 66.2 Å². The molecule has 0 bridgehead atoms. The zero-order valence-corrected chi connectivity index (χ0v) is 11.8. The number of rotatable bonds is 7. The van der Waals surface area contributed by atoms with Crippen LogP contribution in [0.3, 0.4) is 0 Å². The van der Waals surface area contributed by atoms with Gasteiger partial charge in [-0.3, -0.25) is 0 Å². The van der Waals surface area contributed by atoms with E-state index in [4.69, 9.17) is 0 Å². The van der Waals surface area contributed by atoms with Crippen molar-refractivity contribution in [3.63, 3.8) is 0 Å². The molecule has 0 unspecified atom stereocenters. The molecule has 0 N–H and O–H groups in total. The van der Waals surface area contributed by atoms with Gasteiger partial charge in [0.05, 0.1) is 0 Å². The molecule has 0 radical (unpaired) electrons. The SMILES string of the molecule is CCCN(CCCc1ccccc1)c1ccccc1. The van der Waals surface area contributed by atoms with E-state index in [-0.39, 0.29) is 0 Å². The quantitative estimate of drug-likeness (QED) is 0.700. The average Bonchev–Trinajstić information content (AvgIpc) is 2.48. The Kier molecular flexibility index (Phi) is 5.49. The number of anilines is 1. The van der Waals surface area contributed by atoms with Crippen molar-refractivity contribution in [2.75, 3.05) is 18.0 Å². The van der Waals surface area contributed by atoms with Crippen LogP contribution in [0, 0.1) is 0 Å². The lowest BCUT2D eigenvalue weighted by atomic mass is 10.1. The number of para-hydroxylation sites is 1. The second-order valence-electron chi connectivity index (χ2n) is 4.91. The van der Waals surface area contributed by atoms with Gasteiger partial charge in [0, 0.05) is 18.8 Å². The van der Waals surface area contributed by atoms with Crippen LogP contribution in [0.2, 0.25) is 0 Å². The molecule has 0 saturated heterocycles. The lowest BCUT2D eigenvalue weighted by molar-refractivity contribution is 0.714. The van der Waals surface area contributed by atoms with Gasteiger partial charge in [0.25, 0.3) is 0 Å². The van der Waals surface area contributed by atoms with Gasteiger partial charge in [-0.2, -0.15) is 0 Å². The van der Waals surface area contributed by atoms with E-state index in [1.165, 1.54) is 24.1 Å². The number of nitrogens with zero attached hydrogens (tertiary/aromatic N) is 1. The van der Waals surface area contributed by atoms with E-state index in [9.17, 15) is 0 Å². The zero-order valence-electron chi connectivity index (χ0n) is 11.8. The van der Waals surface area contributed by atoms with Crippen LogP contribution < -0.4 is 4.90 Å². The first-order valence-electron chi connectivity index (χ1n) is 7.24. The topological polar surface area (TPSA) is 3.24 Å². The molecule has 0 aliphatic heterocycles. The Hall–Kier alpha value is -1.76. The van der Waals surface area contributed by atoms with E-state index < -0.39 is 0 Å². The van der Waals surface area contributed by atoms with Crippen LogP contribution in [0.1, 0.15) is 25.3 Å². The molecule has 0 saturated carbocycles. The van der Waals surface area contributed by atoms with Crippen LogP contribution >= 0.6 is 0 Å². The van der Waals surface area contributed by atoms with E-state index in [1.54, 1.807) is 0 Å². The smallest absolute Gasteiger partial charge is 0.0366 e. The molecule has 2 aromatic carbocycles. The number of hydrogen-bond acceptors (Lipinski definition) is 1. The fraction of sp³-hybridized carbons (Fsp3) is 0.333. The highest BCUT2D eigenvalue weighted by Gasteiger charge is 2.04. The van der Waals surface area contributed by atoms with Gasteiger partial charge in [-0.1, -0.05) is 55.5 Å². The molecule has 0 fully saturated rings. The lowest BCUT2D eigenvalue weighted by Crippen LogP contribution is -2.25.